The first-order chi connectivity index (χ1) is 15.6. The predicted octanol–water partition coefficient (Wildman–Crippen LogP) is 9.74. The second-order valence-corrected chi connectivity index (χ2v) is 13.4. The molecule has 198 valence electrons. The fourth-order valence-electron chi connectivity index (χ4n) is 3.58. The van der Waals surface area contributed by atoms with Crippen molar-refractivity contribution >= 4 is 31.9 Å². The Hall–Kier alpha value is -0.160. The van der Waals surface area contributed by atoms with Crippen LogP contribution in [0.2, 0.25) is 0 Å². The zero-order valence-corrected chi connectivity index (χ0v) is 26.4. The monoisotopic (exact) mass is 602 g/mol. The quantitative estimate of drug-likeness (QED) is 0.0986. The average Bonchev–Trinajstić information content (AvgIpc) is 2.71. The fourth-order valence-corrected chi connectivity index (χ4v) is 4.03. The maximum Gasteiger partial charge on any atom is 0.0716 e. The molecular weight excluding hydrogens is 552 g/mol. The Morgan fingerprint density at radius 3 is 1.12 bits per heavy atom. The van der Waals surface area contributed by atoms with Gasteiger partial charge in [0.1, 0.15) is 0 Å². The molecule has 2 unspecified atom stereocenters. The van der Waals surface area contributed by atoms with Crippen LogP contribution < -0.4 is 0 Å². The summed E-state index contributed by atoms with van der Waals surface area (Å²) in [5.74, 6) is 0. The lowest BCUT2D eigenvalue weighted by Crippen LogP contribution is -2.31. The van der Waals surface area contributed by atoms with Crippen LogP contribution in [-0.2, 0) is 0 Å². The first-order valence-electron chi connectivity index (χ1n) is 13.0. The molecule has 0 bridgehead atoms. The van der Waals surface area contributed by atoms with E-state index in [1.54, 1.807) is 0 Å². The van der Waals surface area contributed by atoms with E-state index in [4.69, 9.17) is 0 Å². The second-order valence-electron chi connectivity index (χ2n) is 11.2. The molecule has 0 aromatic carbocycles. The van der Waals surface area contributed by atoms with Crippen molar-refractivity contribution in [3.8, 4) is 0 Å². The van der Waals surface area contributed by atoms with Crippen LogP contribution in [-0.4, -0.2) is 31.1 Å². The average molecular weight is 605 g/mol. The van der Waals surface area contributed by atoms with Gasteiger partial charge in [-0.1, -0.05) is 78.5 Å². The van der Waals surface area contributed by atoms with Crippen LogP contribution >= 0.6 is 31.9 Å². The summed E-state index contributed by atoms with van der Waals surface area (Å²) in [5.41, 5.74) is 4.43. The predicted molar refractivity (Wildman–Crippen MR) is 159 cm³/mol. The van der Waals surface area contributed by atoms with Crippen LogP contribution in [0.5, 0.6) is 0 Å². The molecule has 0 aromatic rings. The summed E-state index contributed by atoms with van der Waals surface area (Å²) < 4.78 is 0. The SMILES string of the molecule is C/C(=C\CC/C=C(\C)CC/C=C(\C)CCC(Br)C(C)(C)O)CC/C=C(\C)CCC(Br)C(C)(C)O. The second kappa shape index (κ2) is 17.3. The van der Waals surface area contributed by atoms with Gasteiger partial charge in [-0.3, -0.25) is 0 Å². The Balaban J connectivity index is 4.16. The number of allylic oxidation sites excluding steroid dienone is 8. The van der Waals surface area contributed by atoms with Crippen molar-refractivity contribution in [3.63, 3.8) is 0 Å². The third kappa shape index (κ3) is 18.2. The Labute approximate surface area is 228 Å². The summed E-state index contributed by atoms with van der Waals surface area (Å²) in [6.45, 7) is 16.3. The van der Waals surface area contributed by atoms with Gasteiger partial charge in [0, 0.05) is 9.65 Å². The van der Waals surface area contributed by atoms with E-state index in [0.29, 0.717) is 0 Å². The number of rotatable bonds is 17. The number of alkyl halides is 2. The van der Waals surface area contributed by atoms with Gasteiger partial charge < -0.3 is 10.2 Å². The van der Waals surface area contributed by atoms with Gasteiger partial charge in [0.05, 0.1) is 11.2 Å². The maximum atomic E-state index is 10.0. The Morgan fingerprint density at radius 2 is 0.824 bits per heavy atom. The van der Waals surface area contributed by atoms with Crippen LogP contribution in [0.25, 0.3) is 0 Å². The molecule has 0 aliphatic rings. The van der Waals surface area contributed by atoms with Gasteiger partial charge in [0.15, 0.2) is 0 Å². The lowest BCUT2D eigenvalue weighted by molar-refractivity contribution is 0.0768. The Bertz CT molecular complexity index is 628. The Kier molecular flexibility index (Phi) is 17.2. The molecule has 2 nitrogen and oxygen atoms in total. The van der Waals surface area contributed by atoms with Crippen LogP contribution in [0.3, 0.4) is 0 Å². The zero-order chi connectivity index (χ0) is 26.4. The highest BCUT2D eigenvalue weighted by Crippen LogP contribution is 2.25. The van der Waals surface area contributed by atoms with Gasteiger partial charge in [0.25, 0.3) is 0 Å². The molecule has 2 N–H and O–H groups in total. The van der Waals surface area contributed by atoms with Crippen molar-refractivity contribution in [1.29, 1.82) is 0 Å². The number of aliphatic hydroxyl groups is 2. The van der Waals surface area contributed by atoms with E-state index in [2.05, 4.69) is 83.9 Å². The third-order valence-corrected chi connectivity index (χ3v) is 9.49. The van der Waals surface area contributed by atoms with E-state index in [1.807, 2.05) is 27.7 Å². The highest BCUT2D eigenvalue weighted by molar-refractivity contribution is 9.09. The molecule has 4 heteroatoms. The molecule has 34 heavy (non-hydrogen) atoms. The van der Waals surface area contributed by atoms with E-state index in [0.717, 1.165) is 64.2 Å². The number of unbranched alkanes of at least 4 members (excludes halogenated alkanes) is 1. The van der Waals surface area contributed by atoms with Gasteiger partial charge in [-0.15, -0.1) is 0 Å². The van der Waals surface area contributed by atoms with E-state index < -0.39 is 11.2 Å². The molecule has 0 fully saturated rings. The molecule has 0 heterocycles. The summed E-state index contributed by atoms with van der Waals surface area (Å²) in [6, 6.07) is 0. The molecule has 0 rings (SSSR count). The summed E-state index contributed by atoms with van der Waals surface area (Å²) >= 11 is 7.19. The third-order valence-electron chi connectivity index (χ3n) is 6.33. The lowest BCUT2D eigenvalue weighted by atomic mass is 9.98. The number of hydrogen-bond acceptors (Lipinski definition) is 2. The fraction of sp³-hybridized carbons (Fsp3) is 0.733. The topological polar surface area (TPSA) is 40.5 Å². The van der Waals surface area contributed by atoms with E-state index in [1.165, 1.54) is 22.3 Å². The lowest BCUT2D eigenvalue weighted by Gasteiger charge is -2.24. The van der Waals surface area contributed by atoms with Crippen molar-refractivity contribution in [1.82, 2.24) is 0 Å². The molecule has 0 aromatic heterocycles. The van der Waals surface area contributed by atoms with Crippen molar-refractivity contribution < 1.29 is 10.2 Å². The molecule has 0 amide bonds. The van der Waals surface area contributed by atoms with Crippen LogP contribution in [0.15, 0.2) is 46.6 Å². The van der Waals surface area contributed by atoms with Crippen molar-refractivity contribution in [2.24, 2.45) is 0 Å². The molecule has 2 atom stereocenters. The minimum Gasteiger partial charge on any atom is -0.389 e. The number of halogens is 2. The van der Waals surface area contributed by atoms with Gasteiger partial charge in [-0.2, -0.15) is 0 Å². The van der Waals surface area contributed by atoms with E-state index in [-0.39, 0.29) is 9.65 Å². The van der Waals surface area contributed by atoms with Gasteiger partial charge in [-0.05, 0) is 120 Å². The van der Waals surface area contributed by atoms with Gasteiger partial charge in [-0.25, -0.2) is 0 Å². The van der Waals surface area contributed by atoms with E-state index in [9.17, 15) is 10.2 Å². The van der Waals surface area contributed by atoms with Crippen LogP contribution in [0.1, 0.15) is 120 Å². The summed E-state index contributed by atoms with van der Waals surface area (Å²) in [7, 11) is 0. The normalized spacial score (nSPS) is 16.7. The first-order valence-corrected chi connectivity index (χ1v) is 14.8. The first kappa shape index (κ1) is 33.8. The van der Waals surface area contributed by atoms with Crippen molar-refractivity contribution in [3.05, 3.63) is 46.6 Å². The van der Waals surface area contributed by atoms with Crippen molar-refractivity contribution in [2.75, 3.05) is 0 Å². The highest BCUT2D eigenvalue weighted by Gasteiger charge is 2.24. The largest absolute Gasteiger partial charge is 0.389 e. The molecule has 0 aliphatic heterocycles. The highest BCUT2D eigenvalue weighted by atomic mass is 79.9. The Morgan fingerprint density at radius 1 is 0.559 bits per heavy atom. The van der Waals surface area contributed by atoms with Gasteiger partial charge in [0.2, 0.25) is 0 Å². The zero-order valence-electron chi connectivity index (χ0n) is 23.2. The summed E-state index contributed by atoms with van der Waals surface area (Å²) in [6.07, 6.45) is 20.1. The molecule has 0 radical (unpaired) electrons. The standard InChI is InChI=1S/C30H52Br2O2/c1-23(15-11-17-25(3)19-21-27(31)29(5,6)33)13-9-10-14-24(2)16-12-18-26(4)20-22-28(32)30(7,8)34/h13-14,17-18,27-28,33-34H,9-12,15-16,19-22H2,1-8H3/b23-13+,24-14+,25-17+,26-18+. The number of hydrogen-bond donors (Lipinski definition) is 2. The maximum absolute atomic E-state index is 10.0. The van der Waals surface area contributed by atoms with Crippen LogP contribution in [0.4, 0.5) is 0 Å². The summed E-state index contributed by atoms with van der Waals surface area (Å²) in [4.78, 5) is 0.265. The van der Waals surface area contributed by atoms with Gasteiger partial charge >= 0.3 is 0 Å². The molecule has 0 saturated carbocycles. The minimum atomic E-state index is -0.669. The molecular formula is C30H52Br2O2. The molecule has 0 saturated heterocycles. The molecule has 0 aliphatic carbocycles. The van der Waals surface area contributed by atoms with E-state index >= 15 is 0 Å². The van der Waals surface area contributed by atoms with Crippen LogP contribution in [0, 0.1) is 0 Å². The van der Waals surface area contributed by atoms with Crippen molar-refractivity contribution in [2.45, 2.75) is 140 Å². The smallest absolute Gasteiger partial charge is 0.0716 e. The molecule has 0 spiro atoms. The minimum absolute atomic E-state index is 0.132. The summed E-state index contributed by atoms with van der Waals surface area (Å²) in [5, 5.41) is 20.0.